The Labute approximate surface area is 625 Å². The van der Waals surface area contributed by atoms with Crippen molar-refractivity contribution in [3.63, 3.8) is 0 Å². The van der Waals surface area contributed by atoms with Crippen LogP contribution in [0.4, 0.5) is 0 Å². The smallest absolute Gasteiger partial charge is 0.0541 e. The molecule has 0 atom stereocenters. The maximum Gasteiger partial charge on any atom is 0.0541 e. The van der Waals surface area contributed by atoms with Crippen LogP contribution < -0.4 is 0 Å². The fourth-order valence-electron chi connectivity index (χ4n) is 17.0. The molecular weight excluding hydrogens is 1310 g/mol. The highest BCUT2D eigenvalue weighted by Gasteiger charge is 2.20. The highest BCUT2D eigenvalue weighted by molar-refractivity contribution is 6.15. The minimum atomic E-state index is 1.18. The largest absolute Gasteiger partial charge is 0.309 e. The first-order valence-electron chi connectivity index (χ1n) is 37.2. The van der Waals surface area contributed by atoms with Crippen molar-refractivity contribution in [2.75, 3.05) is 0 Å². The fourth-order valence-corrected chi connectivity index (χ4v) is 17.0. The molecule has 0 radical (unpaired) electrons. The molecule has 0 unspecified atom stereocenters. The molecule has 18 aromatic carbocycles. The van der Waals surface area contributed by atoms with Crippen LogP contribution in [0.1, 0.15) is 0 Å². The Hall–Kier alpha value is -14.3. The van der Waals surface area contributed by atoms with Crippen molar-refractivity contribution >= 4 is 109 Å². The molecule has 4 aromatic heterocycles. The van der Waals surface area contributed by atoms with Gasteiger partial charge in [-0.2, -0.15) is 0 Å². The fraction of sp³-hybridized carbons (Fsp3) is 0. The van der Waals surface area contributed by atoms with Crippen molar-refractivity contribution in [1.82, 2.24) is 18.3 Å². The molecule has 0 bridgehead atoms. The molecule has 4 heterocycles. The first-order chi connectivity index (χ1) is 53.5. The first-order valence-corrected chi connectivity index (χ1v) is 37.2. The third kappa shape index (κ3) is 10.6. The highest BCUT2D eigenvalue weighted by Crippen LogP contribution is 2.42. The lowest BCUT2D eigenvalue weighted by atomic mass is 9.97. The number of nitrogens with zero attached hydrogens (tertiary/aromatic N) is 4. The van der Waals surface area contributed by atoms with Gasteiger partial charge in [0.2, 0.25) is 0 Å². The lowest BCUT2D eigenvalue weighted by molar-refractivity contribution is 1.18. The molecule has 0 N–H and O–H groups in total. The molecule has 22 rings (SSSR count). The van der Waals surface area contributed by atoms with Crippen molar-refractivity contribution in [3.8, 4) is 89.5 Å². The number of benzene rings is 18. The molecule has 0 aliphatic rings. The van der Waals surface area contributed by atoms with Gasteiger partial charge in [-0.25, -0.2) is 0 Å². The predicted molar refractivity (Wildman–Crippen MR) is 458 cm³/mol. The molecule has 0 aliphatic heterocycles. The average molecular weight is 1370 g/mol. The summed E-state index contributed by atoms with van der Waals surface area (Å²) in [5.41, 5.74) is 29.1. The Kier molecular flexibility index (Phi) is 14.9. The molecular formula is C104H68N4. The SMILES string of the molecule is c1ccc(-n2c3ccccc3c3cc(-c4ccc(-c5ccc(-c6ccc7c(c6)c6ccccc6n7-c6ccc7ccccc7c6)cc5)cc4)ccc32)cc1.c1ccc(-n2c3ccccc3c3cc(-c4ccc(-c5ccc(-c6ccc7c(c6)c6ccccc6n7-c6cccc7ccccc67)cc5)cc4)ccc32)cc1. The van der Waals surface area contributed by atoms with Gasteiger partial charge in [-0.15, -0.1) is 0 Å². The summed E-state index contributed by atoms with van der Waals surface area (Å²) in [6.45, 7) is 0. The minimum absolute atomic E-state index is 1.18. The molecule has 0 spiro atoms. The second kappa shape index (κ2) is 25.8. The summed E-state index contributed by atoms with van der Waals surface area (Å²) in [7, 11) is 0. The molecule has 0 fully saturated rings. The lowest BCUT2D eigenvalue weighted by Crippen LogP contribution is -1.95. The quantitative estimate of drug-likeness (QED) is 0.130. The van der Waals surface area contributed by atoms with Gasteiger partial charge < -0.3 is 18.3 Å². The van der Waals surface area contributed by atoms with Crippen molar-refractivity contribution < 1.29 is 0 Å². The van der Waals surface area contributed by atoms with E-state index in [9.17, 15) is 0 Å². The summed E-state index contributed by atoms with van der Waals surface area (Å²) in [5.74, 6) is 0. The Morgan fingerprint density at radius 2 is 0.380 bits per heavy atom. The van der Waals surface area contributed by atoms with E-state index in [2.05, 4.69) is 431 Å². The number of fused-ring (bicyclic) bond motifs is 14. The monoisotopic (exact) mass is 1370 g/mol. The Balaban J connectivity index is 0.000000138. The zero-order valence-corrected chi connectivity index (χ0v) is 59.0. The van der Waals surface area contributed by atoms with E-state index >= 15 is 0 Å². The van der Waals surface area contributed by atoms with Crippen molar-refractivity contribution in [2.24, 2.45) is 0 Å². The molecule has 4 heteroatoms. The number of para-hydroxylation sites is 6. The molecule has 504 valence electrons. The molecule has 0 saturated carbocycles. The summed E-state index contributed by atoms with van der Waals surface area (Å²) >= 11 is 0. The standard InChI is InChI=1S/2C52H34N2/c1-2-13-42(14-3-1)53-49-18-8-6-16-44(49)46-33-40(29-31-51(46)53)37-25-21-35(22-26-37)36-23-27-38(28-24-36)41-30-32-52-47(34-41)45-17-7-9-19-50(45)54(52)48-20-10-12-39-11-4-5-15-43(39)48;1-2-12-43(13-3-1)53-49-16-8-6-14-45(49)47-33-41(27-30-51(47)53)38-22-18-36(19-23-38)37-20-24-39(25-21-37)42-28-31-52-48(34-42)46-15-7-9-17-50(46)54(52)44-29-26-35-10-4-5-11-40(35)32-44/h2*1-34H. The van der Waals surface area contributed by atoms with Crippen LogP contribution in [0.2, 0.25) is 0 Å². The van der Waals surface area contributed by atoms with Gasteiger partial charge in [-0.3, -0.25) is 0 Å². The van der Waals surface area contributed by atoms with Gasteiger partial charge >= 0.3 is 0 Å². The maximum absolute atomic E-state index is 2.42. The average Bonchev–Trinajstić information content (AvgIpc) is 1.60. The summed E-state index contributed by atoms with van der Waals surface area (Å²) in [6.07, 6.45) is 0. The van der Waals surface area contributed by atoms with E-state index in [1.807, 2.05) is 0 Å². The number of hydrogen-bond donors (Lipinski definition) is 0. The van der Waals surface area contributed by atoms with Crippen LogP contribution in [0, 0.1) is 0 Å². The van der Waals surface area contributed by atoms with Crippen LogP contribution in [0.15, 0.2) is 413 Å². The lowest BCUT2D eigenvalue weighted by Gasteiger charge is -2.12. The van der Waals surface area contributed by atoms with Gasteiger partial charge in [0.15, 0.2) is 0 Å². The van der Waals surface area contributed by atoms with Gasteiger partial charge in [-0.05, 0) is 198 Å². The topological polar surface area (TPSA) is 19.7 Å². The van der Waals surface area contributed by atoms with Gasteiger partial charge in [0, 0.05) is 65.5 Å². The van der Waals surface area contributed by atoms with E-state index in [-0.39, 0.29) is 0 Å². The Bertz CT molecular complexity index is 7220. The third-order valence-electron chi connectivity index (χ3n) is 22.3. The minimum Gasteiger partial charge on any atom is -0.309 e. The van der Waals surface area contributed by atoms with Crippen molar-refractivity contribution in [2.45, 2.75) is 0 Å². The summed E-state index contributed by atoms with van der Waals surface area (Å²) in [6, 6.07) is 150. The van der Waals surface area contributed by atoms with Crippen LogP contribution in [0.25, 0.3) is 198 Å². The van der Waals surface area contributed by atoms with Gasteiger partial charge in [0.1, 0.15) is 0 Å². The van der Waals surface area contributed by atoms with Crippen LogP contribution in [0.5, 0.6) is 0 Å². The second-order valence-electron chi connectivity index (χ2n) is 28.3. The van der Waals surface area contributed by atoms with Crippen LogP contribution >= 0.6 is 0 Å². The van der Waals surface area contributed by atoms with Crippen molar-refractivity contribution in [1.29, 1.82) is 0 Å². The number of aromatic nitrogens is 4. The number of rotatable bonds is 10. The number of hydrogen-bond acceptors (Lipinski definition) is 0. The Morgan fingerprint density at radius 1 is 0.120 bits per heavy atom. The third-order valence-corrected chi connectivity index (χ3v) is 22.3. The van der Waals surface area contributed by atoms with E-state index in [1.165, 1.54) is 198 Å². The van der Waals surface area contributed by atoms with Crippen LogP contribution in [-0.4, -0.2) is 18.3 Å². The zero-order chi connectivity index (χ0) is 71.2. The second-order valence-corrected chi connectivity index (χ2v) is 28.3. The first kappa shape index (κ1) is 62.3. The van der Waals surface area contributed by atoms with E-state index in [0.717, 1.165) is 0 Å². The molecule has 0 amide bonds. The van der Waals surface area contributed by atoms with Crippen LogP contribution in [-0.2, 0) is 0 Å². The van der Waals surface area contributed by atoms with Gasteiger partial charge in [0.05, 0.1) is 49.8 Å². The Morgan fingerprint density at radius 3 is 0.759 bits per heavy atom. The summed E-state index contributed by atoms with van der Waals surface area (Å²) < 4.78 is 9.55. The molecule has 22 aromatic rings. The molecule has 0 aliphatic carbocycles. The van der Waals surface area contributed by atoms with Crippen LogP contribution in [0.3, 0.4) is 0 Å². The van der Waals surface area contributed by atoms with E-state index in [4.69, 9.17) is 0 Å². The van der Waals surface area contributed by atoms with Gasteiger partial charge in [0.25, 0.3) is 0 Å². The summed E-state index contributed by atoms with van der Waals surface area (Å²) in [5, 5.41) is 15.1. The molecule has 0 saturated heterocycles. The molecule has 108 heavy (non-hydrogen) atoms. The van der Waals surface area contributed by atoms with Crippen molar-refractivity contribution in [3.05, 3.63) is 413 Å². The zero-order valence-electron chi connectivity index (χ0n) is 59.0. The summed E-state index contributed by atoms with van der Waals surface area (Å²) in [4.78, 5) is 0. The van der Waals surface area contributed by atoms with E-state index < -0.39 is 0 Å². The highest BCUT2D eigenvalue weighted by atomic mass is 15.0. The normalized spacial score (nSPS) is 11.7. The van der Waals surface area contributed by atoms with E-state index in [1.54, 1.807) is 0 Å². The molecule has 4 nitrogen and oxygen atoms in total. The maximum atomic E-state index is 2.42. The van der Waals surface area contributed by atoms with E-state index in [0.29, 0.717) is 0 Å². The predicted octanol–water partition coefficient (Wildman–Crippen LogP) is 28.1. The van der Waals surface area contributed by atoms with Gasteiger partial charge in [-0.1, -0.05) is 297 Å².